The molecular formula is C14H13N5O. The third kappa shape index (κ3) is 3.23. The second kappa shape index (κ2) is 5.71. The number of amides is 2. The minimum atomic E-state index is -0.411. The van der Waals surface area contributed by atoms with Crippen molar-refractivity contribution in [3.05, 3.63) is 47.7 Å². The average Bonchev–Trinajstić information content (AvgIpc) is 2.44. The quantitative estimate of drug-likeness (QED) is 0.777. The number of hydrogen-bond acceptors (Lipinski definition) is 4. The number of aryl methyl sites for hydroxylation is 1. The number of rotatable bonds is 2. The van der Waals surface area contributed by atoms with Gasteiger partial charge in [0.2, 0.25) is 0 Å². The van der Waals surface area contributed by atoms with Crippen LogP contribution in [0.1, 0.15) is 11.1 Å². The summed E-state index contributed by atoms with van der Waals surface area (Å²) in [5.41, 5.74) is 8.19. The SMILES string of the molecule is Cc1cc(NC(=O)Nc2ccc(C#N)cc2)ncc1N. The van der Waals surface area contributed by atoms with E-state index in [2.05, 4.69) is 15.6 Å². The van der Waals surface area contributed by atoms with Crippen LogP contribution in [0.25, 0.3) is 0 Å². The van der Waals surface area contributed by atoms with Gasteiger partial charge in [-0.05, 0) is 42.8 Å². The van der Waals surface area contributed by atoms with Crippen LogP contribution in [0.4, 0.5) is 22.0 Å². The minimum Gasteiger partial charge on any atom is -0.397 e. The molecule has 0 aliphatic carbocycles. The summed E-state index contributed by atoms with van der Waals surface area (Å²) in [6.07, 6.45) is 1.49. The number of nitrogens with one attached hydrogen (secondary N) is 2. The molecule has 1 aromatic carbocycles. The van der Waals surface area contributed by atoms with Gasteiger partial charge >= 0.3 is 6.03 Å². The zero-order valence-electron chi connectivity index (χ0n) is 10.8. The molecule has 0 atom stereocenters. The number of nitrogen functional groups attached to an aromatic ring is 1. The van der Waals surface area contributed by atoms with Gasteiger partial charge in [-0.2, -0.15) is 5.26 Å². The molecule has 100 valence electrons. The summed E-state index contributed by atoms with van der Waals surface area (Å²) in [7, 11) is 0. The Bertz CT molecular complexity index is 673. The minimum absolute atomic E-state index is 0.411. The van der Waals surface area contributed by atoms with Gasteiger partial charge in [-0.1, -0.05) is 0 Å². The molecular weight excluding hydrogens is 254 g/mol. The Morgan fingerprint density at radius 2 is 2.00 bits per heavy atom. The van der Waals surface area contributed by atoms with Gasteiger partial charge in [0.05, 0.1) is 23.5 Å². The van der Waals surface area contributed by atoms with E-state index in [4.69, 9.17) is 11.0 Å². The van der Waals surface area contributed by atoms with Crippen molar-refractivity contribution in [1.29, 1.82) is 5.26 Å². The largest absolute Gasteiger partial charge is 0.397 e. The van der Waals surface area contributed by atoms with Crippen LogP contribution in [0.5, 0.6) is 0 Å². The second-order valence-electron chi connectivity index (χ2n) is 4.19. The lowest BCUT2D eigenvalue weighted by Crippen LogP contribution is -2.20. The van der Waals surface area contributed by atoms with Crippen LogP contribution in [-0.2, 0) is 0 Å². The first-order valence-corrected chi connectivity index (χ1v) is 5.89. The monoisotopic (exact) mass is 267 g/mol. The standard InChI is InChI=1S/C14H13N5O/c1-9-6-13(17-8-12(9)16)19-14(20)18-11-4-2-10(7-15)3-5-11/h2-6,8H,16H2,1H3,(H2,17,18,19,20). The predicted octanol–water partition coefficient (Wildman–Crippen LogP) is 2.49. The van der Waals surface area contributed by atoms with E-state index in [1.54, 1.807) is 30.3 Å². The Labute approximate surface area is 116 Å². The number of carbonyl (C=O) groups is 1. The van der Waals surface area contributed by atoms with E-state index in [9.17, 15) is 4.79 Å². The van der Waals surface area contributed by atoms with E-state index in [0.717, 1.165) is 5.56 Å². The topological polar surface area (TPSA) is 104 Å². The predicted molar refractivity (Wildman–Crippen MR) is 77.2 cm³/mol. The van der Waals surface area contributed by atoms with E-state index < -0.39 is 6.03 Å². The molecule has 0 fully saturated rings. The van der Waals surface area contributed by atoms with Crippen LogP contribution in [-0.4, -0.2) is 11.0 Å². The van der Waals surface area contributed by atoms with Crippen LogP contribution in [0.3, 0.4) is 0 Å². The van der Waals surface area contributed by atoms with Gasteiger partial charge in [0, 0.05) is 5.69 Å². The molecule has 1 aromatic heterocycles. The Kier molecular flexibility index (Phi) is 3.82. The van der Waals surface area contributed by atoms with Gasteiger partial charge in [-0.25, -0.2) is 9.78 Å². The van der Waals surface area contributed by atoms with Crippen molar-refractivity contribution in [1.82, 2.24) is 4.98 Å². The highest BCUT2D eigenvalue weighted by atomic mass is 16.2. The number of urea groups is 1. The smallest absolute Gasteiger partial charge is 0.324 e. The molecule has 0 unspecified atom stereocenters. The number of aromatic nitrogens is 1. The lowest BCUT2D eigenvalue weighted by molar-refractivity contribution is 0.262. The van der Waals surface area contributed by atoms with E-state index in [1.165, 1.54) is 6.20 Å². The highest BCUT2D eigenvalue weighted by molar-refractivity contribution is 5.99. The van der Waals surface area contributed by atoms with E-state index in [0.29, 0.717) is 22.8 Å². The van der Waals surface area contributed by atoms with Crippen LogP contribution in [0.15, 0.2) is 36.5 Å². The Hall–Kier alpha value is -3.07. The molecule has 2 aromatic rings. The summed E-state index contributed by atoms with van der Waals surface area (Å²) in [6, 6.07) is 9.84. The fraction of sp³-hybridized carbons (Fsp3) is 0.0714. The summed E-state index contributed by atoms with van der Waals surface area (Å²) >= 11 is 0. The number of benzene rings is 1. The van der Waals surface area contributed by atoms with Crippen molar-refractivity contribution in [2.45, 2.75) is 6.92 Å². The van der Waals surface area contributed by atoms with Crippen LogP contribution in [0.2, 0.25) is 0 Å². The maximum atomic E-state index is 11.8. The molecule has 6 nitrogen and oxygen atoms in total. The molecule has 20 heavy (non-hydrogen) atoms. The van der Waals surface area contributed by atoms with Crippen LogP contribution >= 0.6 is 0 Å². The highest BCUT2D eigenvalue weighted by Crippen LogP contribution is 2.14. The van der Waals surface area contributed by atoms with Crippen molar-refractivity contribution in [2.75, 3.05) is 16.4 Å². The number of nitrogens with zero attached hydrogens (tertiary/aromatic N) is 2. The van der Waals surface area contributed by atoms with Crippen LogP contribution in [0, 0.1) is 18.3 Å². The maximum absolute atomic E-state index is 11.8. The maximum Gasteiger partial charge on any atom is 0.324 e. The number of anilines is 3. The number of pyridine rings is 1. The third-order valence-corrected chi connectivity index (χ3v) is 2.66. The Balaban J connectivity index is 2.01. The molecule has 6 heteroatoms. The van der Waals surface area contributed by atoms with Gasteiger partial charge in [0.25, 0.3) is 0 Å². The molecule has 0 spiro atoms. The first-order valence-electron chi connectivity index (χ1n) is 5.89. The molecule has 1 heterocycles. The van der Waals surface area contributed by atoms with Crippen molar-refractivity contribution < 1.29 is 4.79 Å². The summed E-state index contributed by atoms with van der Waals surface area (Å²) in [5, 5.41) is 13.9. The molecule has 0 aliphatic heterocycles. The first kappa shape index (κ1) is 13.4. The summed E-state index contributed by atoms with van der Waals surface area (Å²) in [6.45, 7) is 1.83. The summed E-state index contributed by atoms with van der Waals surface area (Å²) in [4.78, 5) is 15.8. The van der Waals surface area contributed by atoms with Crippen molar-refractivity contribution in [3.8, 4) is 6.07 Å². The number of hydrogen-bond donors (Lipinski definition) is 3. The van der Waals surface area contributed by atoms with E-state index >= 15 is 0 Å². The first-order chi connectivity index (χ1) is 9.58. The molecule has 2 amide bonds. The van der Waals surface area contributed by atoms with Crippen molar-refractivity contribution in [3.63, 3.8) is 0 Å². The normalized spacial score (nSPS) is 9.60. The van der Waals surface area contributed by atoms with Gasteiger partial charge in [-0.3, -0.25) is 5.32 Å². The average molecular weight is 267 g/mol. The lowest BCUT2D eigenvalue weighted by Gasteiger charge is -2.08. The highest BCUT2D eigenvalue weighted by Gasteiger charge is 2.05. The molecule has 4 N–H and O–H groups in total. The molecule has 0 bridgehead atoms. The van der Waals surface area contributed by atoms with Gasteiger partial charge in [0.15, 0.2) is 0 Å². The third-order valence-electron chi connectivity index (χ3n) is 2.66. The van der Waals surface area contributed by atoms with Crippen molar-refractivity contribution >= 4 is 23.2 Å². The Morgan fingerprint density at radius 3 is 2.60 bits per heavy atom. The molecule has 0 aliphatic rings. The lowest BCUT2D eigenvalue weighted by atomic mass is 10.2. The Morgan fingerprint density at radius 1 is 1.30 bits per heavy atom. The van der Waals surface area contributed by atoms with Gasteiger partial charge < -0.3 is 11.1 Å². The van der Waals surface area contributed by atoms with Crippen molar-refractivity contribution in [2.24, 2.45) is 0 Å². The summed E-state index contributed by atoms with van der Waals surface area (Å²) in [5.74, 6) is 0.419. The molecule has 0 radical (unpaired) electrons. The fourth-order valence-electron chi connectivity index (χ4n) is 1.54. The number of nitriles is 1. The molecule has 0 saturated carbocycles. The molecule has 2 rings (SSSR count). The fourth-order valence-corrected chi connectivity index (χ4v) is 1.54. The zero-order valence-corrected chi connectivity index (χ0v) is 10.8. The van der Waals surface area contributed by atoms with E-state index in [1.807, 2.05) is 13.0 Å². The van der Waals surface area contributed by atoms with Crippen LogP contribution < -0.4 is 16.4 Å². The number of nitrogens with two attached hydrogens (primary N) is 1. The van der Waals surface area contributed by atoms with E-state index in [-0.39, 0.29) is 0 Å². The van der Waals surface area contributed by atoms with Gasteiger partial charge in [-0.15, -0.1) is 0 Å². The molecule has 0 saturated heterocycles. The van der Waals surface area contributed by atoms with Gasteiger partial charge in [0.1, 0.15) is 5.82 Å². The zero-order chi connectivity index (χ0) is 14.5. The summed E-state index contributed by atoms with van der Waals surface area (Å²) < 4.78 is 0. The number of carbonyl (C=O) groups excluding carboxylic acids is 1. The second-order valence-corrected chi connectivity index (χ2v) is 4.19.